The summed E-state index contributed by atoms with van der Waals surface area (Å²) in [5.74, 6) is -1.26. The predicted molar refractivity (Wildman–Crippen MR) is 112 cm³/mol. The van der Waals surface area contributed by atoms with E-state index >= 15 is 0 Å². The average Bonchev–Trinajstić information content (AvgIpc) is 2.99. The summed E-state index contributed by atoms with van der Waals surface area (Å²) in [5, 5.41) is 0. The molecule has 0 unspecified atom stereocenters. The molecule has 7 nitrogen and oxygen atoms in total. The summed E-state index contributed by atoms with van der Waals surface area (Å²) >= 11 is 0. The number of imide groups is 1. The number of rotatable bonds is 6. The van der Waals surface area contributed by atoms with Crippen LogP contribution in [0.2, 0.25) is 0 Å². The Morgan fingerprint density at radius 3 is 2.45 bits per heavy atom. The molecule has 0 saturated carbocycles. The minimum atomic E-state index is -3.85. The van der Waals surface area contributed by atoms with Crippen molar-refractivity contribution in [2.45, 2.75) is 18.2 Å². The monoisotopic (exact) mass is 439 g/mol. The molecular weight excluding hydrogens is 421 g/mol. The highest BCUT2D eigenvalue weighted by Crippen LogP contribution is 2.23. The van der Waals surface area contributed by atoms with Crippen LogP contribution < -0.4 is 4.72 Å². The van der Waals surface area contributed by atoms with Gasteiger partial charge in [0.1, 0.15) is 11.5 Å². The van der Waals surface area contributed by atoms with Crippen LogP contribution in [0.25, 0.3) is 0 Å². The van der Waals surface area contributed by atoms with Crippen molar-refractivity contribution in [2.75, 3.05) is 11.3 Å². The number of nitrogens with one attached hydrogen (secondary N) is 1. The lowest BCUT2D eigenvalue weighted by Gasteiger charge is -2.14. The van der Waals surface area contributed by atoms with Crippen molar-refractivity contribution in [3.05, 3.63) is 89.0 Å². The quantitative estimate of drug-likeness (QED) is 0.595. The average molecular weight is 439 g/mol. The number of pyridine rings is 1. The fourth-order valence-corrected chi connectivity index (χ4v) is 4.47. The number of aryl methyl sites for hydroxylation is 1. The van der Waals surface area contributed by atoms with E-state index in [1.165, 1.54) is 36.5 Å². The van der Waals surface area contributed by atoms with Gasteiger partial charge in [-0.2, -0.15) is 0 Å². The molecule has 0 bridgehead atoms. The smallest absolute Gasteiger partial charge is 0.279 e. The molecule has 158 valence electrons. The number of anilines is 1. The van der Waals surface area contributed by atoms with Gasteiger partial charge in [0, 0.05) is 12.7 Å². The van der Waals surface area contributed by atoms with Crippen LogP contribution >= 0.6 is 0 Å². The number of halogens is 1. The second kappa shape index (κ2) is 7.92. The first kappa shape index (κ1) is 20.7. The van der Waals surface area contributed by atoms with E-state index in [1.807, 2.05) is 0 Å². The van der Waals surface area contributed by atoms with Crippen LogP contribution in [0.5, 0.6) is 0 Å². The Morgan fingerprint density at radius 2 is 1.77 bits per heavy atom. The molecule has 2 aromatic carbocycles. The molecule has 4 rings (SSSR count). The molecule has 31 heavy (non-hydrogen) atoms. The largest absolute Gasteiger partial charge is 0.280 e. The number of nitrogens with zero attached hydrogens (tertiary/aromatic N) is 2. The first-order valence-electron chi connectivity index (χ1n) is 9.45. The molecule has 0 aliphatic carbocycles. The molecule has 0 spiro atoms. The van der Waals surface area contributed by atoms with Crippen molar-refractivity contribution >= 4 is 27.5 Å². The molecule has 1 aliphatic rings. The van der Waals surface area contributed by atoms with Gasteiger partial charge in [0.2, 0.25) is 0 Å². The third kappa shape index (κ3) is 4.04. The Hall–Kier alpha value is -3.59. The second-order valence-corrected chi connectivity index (χ2v) is 8.80. The molecule has 9 heteroatoms. The van der Waals surface area contributed by atoms with Crippen molar-refractivity contribution in [1.29, 1.82) is 0 Å². The summed E-state index contributed by atoms with van der Waals surface area (Å²) in [4.78, 5) is 29.9. The number of aromatic nitrogens is 1. The van der Waals surface area contributed by atoms with Gasteiger partial charge in [-0.25, -0.2) is 12.8 Å². The van der Waals surface area contributed by atoms with E-state index < -0.39 is 21.7 Å². The predicted octanol–water partition coefficient (Wildman–Crippen LogP) is 3.17. The highest BCUT2D eigenvalue weighted by atomic mass is 32.2. The highest BCUT2D eigenvalue weighted by molar-refractivity contribution is 7.92. The van der Waals surface area contributed by atoms with Gasteiger partial charge in [-0.15, -0.1) is 0 Å². The van der Waals surface area contributed by atoms with Gasteiger partial charge >= 0.3 is 0 Å². The van der Waals surface area contributed by atoms with E-state index in [-0.39, 0.29) is 28.6 Å². The number of amides is 2. The van der Waals surface area contributed by atoms with Gasteiger partial charge in [-0.1, -0.05) is 12.1 Å². The molecule has 1 aromatic heterocycles. The minimum absolute atomic E-state index is 0.0462. The molecule has 0 saturated heterocycles. The van der Waals surface area contributed by atoms with E-state index in [0.717, 1.165) is 10.5 Å². The van der Waals surface area contributed by atoms with E-state index in [4.69, 9.17) is 0 Å². The lowest BCUT2D eigenvalue weighted by molar-refractivity contribution is 0.0654. The molecule has 0 fully saturated rings. The summed E-state index contributed by atoms with van der Waals surface area (Å²) in [6.45, 7) is 1.77. The maximum Gasteiger partial charge on any atom is 0.280 e. The highest BCUT2D eigenvalue weighted by Gasteiger charge is 2.36. The molecule has 0 radical (unpaired) electrons. The number of carbonyl (C=O) groups is 2. The van der Waals surface area contributed by atoms with Gasteiger partial charge in [0.15, 0.2) is 0 Å². The van der Waals surface area contributed by atoms with E-state index in [0.29, 0.717) is 17.7 Å². The number of hydrogen-bond donors (Lipinski definition) is 1. The maximum absolute atomic E-state index is 13.2. The van der Waals surface area contributed by atoms with Crippen molar-refractivity contribution in [3.63, 3.8) is 0 Å². The van der Waals surface area contributed by atoms with Crippen molar-refractivity contribution in [2.24, 2.45) is 0 Å². The molecule has 1 N–H and O–H groups in total. The van der Waals surface area contributed by atoms with Crippen LogP contribution in [0, 0.1) is 12.7 Å². The number of sulfonamides is 1. The molecule has 3 aromatic rings. The zero-order valence-corrected chi connectivity index (χ0v) is 17.3. The van der Waals surface area contributed by atoms with Crippen LogP contribution in [-0.4, -0.2) is 36.7 Å². The van der Waals surface area contributed by atoms with Crippen LogP contribution in [-0.2, 0) is 16.4 Å². The van der Waals surface area contributed by atoms with Crippen LogP contribution in [0.1, 0.15) is 32.0 Å². The number of benzene rings is 2. The number of fused-ring (bicyclic) bond motifs is 1. The first-order chi connectivity index (χ1) is 14.8. The van der Waals surface area contributed by atoms with Gasteiger partial charge in [-0.05, 0) is 66.9 Å². The molecule has 1 aliphatic heterocycles. The van der Waals surface area contributed by atoms with Gasteiger partial charge < -0.3 is 0 Å². The lowest BCUT2D eigenvalue weighted by atomic mass is 10.1. The van der Waals surface area contributed by atoms with Crippen LogP contribution in [0.4, 0.5) is 10.1 Å². The number of carbonyl (C=O) groups excluding carboxylic acids is 2. The summed E-state index contributed by atoms with van der Waals surface area (Å²) in [6, 6.07) is 13.1. The summed E-state index contributed by atoms with van der Waals surface area (Å²) < 4.78 is 40.9. The number of hydrogen-bond acceptors (Lipinski definition) is 5. The Kier molecular flexibility index (Phi) is 5.28. The second-order valence-electron chi connectivity index (χ2n) is 7.12. The normalized spacial score (nSPS) is 13.4. The fraction of sp³-hybridized carbons (Fsp3) is 0.136. The Labute approximate surface area is 178 Å². The minimum Gasteiger partial charge on any atom is -0.279 e. The van der Waals surface area contributed by atoms with E-state index in [1.54, 1.807) is 31.2 Å². The van der Waals surface area contributed by atoms with Crippen molar-refractivity contribution in [1.82, 2.24) is 9.88 Å². The maximum atomic E-state index is 13.2. The lowest BCUT2D eigenvalue weighted by Crippen LogP contribution is -2.31. The third-order valence-corrected chi connectivity index (χ3v) is 6.40. The topological polar surface area (TPSA) is 96.4 Å². The van der Waals surface area contributed by atoms with E-state index in [9.17, 15) is 22.4 Å². The third-order valence-electron chi connectivity index (χ3n) is 5.02. The Balaban J connectivity index is 1.44. The fourth-order valence-electron chi connectivity index (χ4n) is 3.34. The van der Waals surface area contributed by atoms with Crippen molar-refractivity contribution in [3.8, 4) is 0 Å². The van der Waals surface area contributed by atoms with Crippen LogP contribution in [0.3, 0.4) is 0 Å². The summed E-state index contributed by atoms with van der Waals surface area (Å²) in [7, 11) is -3.85. The van der Waals surface area contributed by atoms with Crippen LogP contribution in [0.15, 0.2) is 65.7 Å². The standard InChI is InChI=1S/C22H18FN3O4S/c1-14-13-16(23)6-9-19(14)25-31(29,30)17-7-4-15(5-8-17)10-12-26-21(27)18-3-2-11-24-20(18)22(26)28/h2-9,11,13,25H,10,12H2,1H3. The zero-order valence-electron chi connectivity index (χ0n) is 16.5. The van der Waals surface area contributed by atoms with Gasteiger partial charge in [0.25, 0.3) is 21.8 Å². The summed E-state index contributed by atoms with van der Waals surface area (Å²) in [6.07, 6.45) is 1.84. The SMILES string of the molecule is Cc1cc(F)ccc1NS(=O)(=O)c1ccc(CCN2C(=O)c3cccnc3C2=O)cc1. The Bertz CT molecular complexity index is 1260. The zero-order chi connectivity index (χ0) is 22.2. The Morgan fingerprint density at radius 1 is 1.03 bits per heavy atom. The molecule has 2 amide bonds. The summed E-state index contributed by atoms with van der Waals surface area (Å²) in [5.41, 5.74) is 1.97. The van der Waals surface area contributed by atoms with Gasteiger partial charge in [-0.3, -0.25) is 24.2 Å². The molecule has 2 heterocycles. The molecule has 0 atom stereocenters. The molecular formula is C22H18FN3O4S. The van der Waals surface area contributed by atoms with Gasteiger partial charge in [0.05, 0.1) is 16.1 Å². The van der Waals surface area contributed by atoms with Crippen molar-refractivity contribution < 1.29 is 22.4 Å². The van der Waals surface area contributed by atoms with E-state index in [2.05, 4.69) is 9.71 Å². The first-order valence-corrected chi connectivity index (χ1v) is 10.9.